The van der Waals surface area contributed by atoms with Gasteiger partial charge in [-0.25, -0.2) is 9.59 Å². The average Bonchev–Trinajstić information content (AvgIpc) is 2.78. The van der Waals surface area contributed by atoms with Crippen molar-refractivity contribution in [3.63, 3.8) is 0 Å². The van der Waals surface area contributed by atoms with E-state index in [1.54, 1.807) is 54.6 Å². The zero-order valence-electron chi connectivity index (χ0n) is 16.3. The average molecular weight is 424 g/mol. The number of nitrogens with zero attached hydrogens (tertiary/aromatic N) is 2. The second kappa shape index (κ2) is 8.72. The Morgan fingerprint density at radius 1 is 1.03 bits per heavy atom. The van der Waals surface area contributed by atoms with E-state index in [2.05, 4.69) is 6.07 Å². The number of halogens is 1. The third kappa shape index (κ3) is 3.61. The molecule has 1 aliphatic rings. The Kier molecular flexibility index (Phi) is 6.09. The second-order valence-electron chi connectivity index (χ2n) is 6.31. The molecule has 1 heterocycles. The monoisotopic (exact) mass is 423 g/mol. The van der Waals surface area contributed by atoms with Gasteiger partial charge in [0.15, 0.2) is 0 Å². The second-order valence-corrected chi connectivity index (χ2v) is 6.75. The van der Waals surface area contributed by atoms with E-state index in [0.29, 0.717) is 16.3 Å². The number of para-hydroxylation sites is 1. The van der Waals surface area contributed by atoms with Gasteiger partial charge in [0, 0.05) is 10.7 Å². The summed E-state index contributed by atoms with van der Waals surface area (Å²) in [7, 11) is 2.40. The Balaban J connectivity index is 2.39. The minimum absolute atomic E-state index is 0.0108. The Morgan fingerprint density at radius 3 is 2.17 bits per heavy atom. The number of allylic oxidation sites excluding steroid dienone is 1. The van der Waals surface area contributed by atoms with Crippen LogP contribution in [0.1, 0.15) is 11.5 Å². The highest BCUT2D eigenvalue weighted by Crippen LogP contribution is 2.43. The van der Waals surface area contributed by atoms with E-state index in [0.717, 1.165) is 0 Å². The SMILES string of the molecule is COC(=O)C1=C(C(=O)OC)N(c2ccccc2)C(N)=C(C#N)[C@H]1c1ccc(Cl)cc1. The molecule has 3 rings (SSSR count). The van der Waals surface area contributed by atoms with Crippen LogP contribution in [0.2, 0.25) is 5.02 Å². The molecule has 7 nitrogen and oxygen atoms in total. The van der Waals surface area contributed by atoms with Gasteiger partial charge >= 0.3 is 11.9 Å². The number of esters is 2. The van der Waals surface area contributed by atoms with Crippen LogP contribution >= 0.6 is 11.6 Å². The van der Waals surface area contributed by atoms with Gasteiger partial charge in [-0.2, -0.15) is 5.26 Å². The van der Waals surface area contributed by atoms with Gasteiger partial charge < -0.3 is 15.2 Å². The fourth-order valence-corrected chi connectivity index (χ4v) is 3.49. The quantitative estimate of drug-likeness (QED) is 0.752. The van der Waals surface area contributed by atoms with Crippen LogP contribution in [-0.2, 0) is 19.1 Å². The molecule has 0 bridgehead atoms. The topological polar surface area (TPSA) is 106 Å². The number of ether oxygens (including phenoxy) is 2. The van der Waals surface area contributed by atoms with Crippen LogP contribution < -0.4 is 10.6 Å². The standard InChI is InChI=1S/C22H18ClN3O4/c1-29-21(27)18-17(13-8-10-14(23)11-9-13)16(12-24)20(25)26(19(18)22(28)30-2)15-6-4-3-5-7-15/h3-11,17H,25H2,1-2H3/t17-/m1/s1. The summed E-state index contributed by atoms with van der Waals surface area (Å²) in [6.07, 6.45) is 0. The van der Waals surface area contributed by atoms with E-state index in [9.17, 15) is 14.9 Å². The van der Waals surface area contributed by atoms with Crippen molar-refractivity contribution in [1.82, 2.24) is 0 Å². The first-order chi connectivity index (χ1) is 14.4. The lowest BCUT2D eigenvalue weighted by atomic mass is 9.81. The van der Waals surface area contributed by atoms with E-state index >= 15 is 0 Å². The first-order valence-corrected chi connectivity index (χ1v) is 9.23. The predicted molar refractivity (Wildman–Crippen MR) is 111 cm³/mol. The molecule has 30 heavy (non-hydrogen) atoms. The van der Waals surface area contributed by atoms with Gasteiger partial charge in [0.1, 0.15) is 11.5 Å². The molecule has 8 heteroatoms. The van der Waals surface area contributed by atoms with Gasteiger partial charge in [0.2, 0.25) is 0 Å². The summed E-state index contributed by atoms with van der Waals surface area (Å²) in [6.45, 7) is 0. The summed E-state index contributed by atoms with van der Waals surface area (Å²) in [5, 5.41) is 10.4. The van der Waals surface area contributed by atoms with Crippen LogP contribution in [-0.4, -0.2) is 26.2 Å². The lowest BCUT2D eigenvalue weighted by Gasteiger charge is -2.35. The minimum atomic E-state index is -0.936. The van der Waals surface area contributed by atoms with Crippen molar-refractivity contribution in [2.45, 2.75) is 5.92 Å². The fraction of sp³-hybridized carbons (Fsp3) is 0.136. The van der Waals surface area contributed by atoms with Crippen molar-refractivity contribution in [3.05, 3.63) is 87.8 Å². The van der Waals surface area contributed by atoms with E-state index in [4.69, 9.17) is 26.8 Å². The summed E-state index contributed by atoms with van der Waals surface area (Å²) in [5.74, 6) is -2.50. The number of carbonyl (C=O) groups excluding carboxylic acids is 2. The summed E-state index contributed by atoms with van der Waals surface area (Å²) < 4.78 is 9.93. The Morgan fingerprint density at radius 2 is 1.63 bits per heavy atom. The van der Waals surface area contributed by atoms with Gasteiger partial charge in [-0.3, -0.25) is 4.90 Å². The van der Waals surface area contributed by atoms with Crippen molar-refractivity contribution in [3.8, 4) is 6.07 Å². The molecule has 0 unspecified atom stereocenters. The lowest BCUT2D eigenvalue weighted by Crippen LogP contribution is -2.40. The fourth-order valence-electron chi connectivity index (χ4n) is 3.37. The molecule has 2 aromatic carbocycles. The molecule has 0 saturated heterocycles. The number of anilines is 1. The molecular formula is C22H18ClN3O4. The lowest BCUT2D eigenvalue weighted by molar-refractivity contribution is -0.139. The maximum atomic E-state index is 12.9. The molecule has 2 N–H and O–H groups in total. The van der Waals surface area contributed by atoms with E-state index in [-0.39, 0.29) is 22.7 Å². The van der Waals surface area contributed by atoms with Crippen LogP contribution in [0, 0.1) is 11.3 Å². The van der Waals surface area contributed by atoms with Crippen LogP contribution in [0.5, 0.6) is 0 Å². The zero-order valence-corrected chi connectivity index (χ0v) is 17.0. The molecule has 0 amide bonds. The maximum absolute atomic E-state index is 12.9. The van der Waals surface area contributed by atoms with Crippen LogP contribution in [0.3, 0.4) is 0 Å². The van der Waals surface area contributed by atoms with Crippen molar-refractivity contribution in [1.29, 1.82) is 5.26 Å². The molecule has 0 spiro atoms. The summed E-state index contributed by atoms with van der Waals surface area (Å²) in [5.41, 5.74) is 7.33. The number of hydrogen-bond donors (Lipinski definition) is 1. The first-order valence-electron chi connectivity index (χ1n) is 8.85. The number of nitriles is 1. The third-order valence-corrected chi connectivity index (χ3v) is 4.95. The summed E-state index contributed by atoms with van der Waals surface area (Å²) in [6, 6.07) is 17.3. The van der Waals surface area contributed by atoms with E-state index in [1.165, 1.54) is 19.1 Å². The van der Waals surface area contributed by atoms with E-state index in [1.807, 2.05) is 0 Å². The molecule has 0 fully saturated rings. The Bertz CT molecular complexity index is 1090. The molecule has 1 aliphatic heterocycles. The molecular weight excluding hydrogens is 406 g/mol. The predicted octanol–water partition coefficient (Wildman–Crippen LogP) is 3.24. The highest BCUT2D eigenvalue weighted by Gasteiger charge is 2.42. The molecule has 0 saturated carbocycles. The molecule has 2 aromatic rings. The van der Waals surface area contributed by atoms with Crippen molar-refractivity contribution in [2.24, 2.45) is 5.73 Å². The largest absolute Gasteiger partial charge is 0.466 e. The normalized spacial score (nSPS) is 16.2. The minimum Gasteiger partial charge on any atom is -0.466 e. The van der Waals surface area contributed by atoms with Gasteiger partial charge in [-0.05, 0) is 29.8 Å². The highest BCUT2D eigenvalue weighted by atomic mass is 35.5. The van der Waals surface area contributed by atoms with Crippen molar-refractivity contribution in [2.75, 3.05) is 19.1 Å². The summed E-state index contributed by atoms with van der Waals surface area (Å²) in [4.78, 5) is 27.1. The third-order valence-electron chi connectivity index (χ3n) is 4.70. The zero-order chi connectivity index (χ0) is 21.8. The number of rotatable bonds is 4. The van der Waals surface area contributed by atoms with Gasteiger partial charge in [-0.1, -0.05) is 41.9 Å². The molecule has 0 aliphatic carbocycles. The Labute approximate surface area is 178 Å². The first kappa shape index (κ1) is 21.0. The smallest absolute Gasteiger partial charge is 0.355 e. The number of hydrogen-bond acceptors (Lipinski definition) is 7. The number of benzene rings is 2. The van der Waals surface area contributed by atoms with Gasteiger partial charge in [-0.15, -0.1) is 0 Å². The molecule has 152 valence electrons. The maximum Gasteiger partial charge on any atom is 0.355 e. The van der Waals surface area contributed by atoms with E-state index < -0.39 is 17.9 Å². The Hall–Kier alpha value is -3.76. The van der Waals surface area contributed by atoms with Crippen molar-refractivity contribution < 1.29 is 19.1 Å². The number of nitrogens with two attached hydrogens (primary N) is 1. The number of methoxy groups -OCH3 is 2. The van der Waals surface area contributed by atoms with Crippen LogP contribution in [0.25, 0.3) is 0 Å². The molecule has 1 atom stereocenters. The molecule has 0 radical (unpaired) electrons. The van der Waals surface area contributed by atoms with Gasteiger partial charge in [0.25, 0.3) is 0 Å². The van der Waals surface area contributed by atoms with Crippen LogP contribution in [0.15, 0.2) is 77.3 Å². The number of carbonyl (C=O) groups is 2. The van der Waals surface area contributed by atoms with Gasteiger partial charge in [0.05, 0.1) is 37.4 Å². The van der Waals surface area contributed by atoms with Crippen LogP contribution in [0.4, 0.5) is 5.69 Å². The summed E-state index contributed by atoms with van der Waals surface area (Å²) >= 11 is 5.99. The highest BCUT2D eigenvalue weighted by molar-refractivity contribution is 6.30. The van der Waals surface area contributed by atoms with Crippen molar-refractivity contribution >= 4 is 29.2 Å². The molecule has 0 aromatic heterocycles.